The summed E-state index contributed by atoms with van der Waals surface area (Å²) >= 11 is 5.17. The van der Waals surface area contributed by atoms with Gasteiger partial charge in [0.15, 0.2) is 0 Å². The zero-order valence-corrected chi connectivity index (χ0v) is 6.04. The Balaban J connectivity index is 3.01. The van der Waals surface area contributed by atoms with Gasteiger partial charge in [0.1, 0.15) is 5.82 Å². The molecule has 0 spiro atoms. The molecule has 6 heteroatoms. The first kappa shape index (κ1) is 7.74. The minimum atomic E-state index is -1.18. The van der Waals surface area contributed by atoms with Crippen LogP contribution in [0, 0.1) is 0 Å². The molecule has 1 aromatic rings. The van der Waals surface area contributed by atoms with Crippen molar-refractivity contribution in [1.29, 1.82) is 0 Å². The van der Waals surface area contributed by atoms with Crippen LogP contribution in [0.2, 0.25) is 0 Å². The van der Waals surface area contributed by atoms with Crippen LogP contribution in [0.25, 0.3) is 0 Å². The lowest BCUT2D eigenvalue weighted by Crippen LogP contribution is -2.04. The van der Waals surface area contributed by atoms with Gasteiger partial charge in [-0.3, -0.25) is 4.84 Å². The van der Waals surface area contributed by atoms with Gasteiger partial charge in [-0.25, -0.2) is 14.8 Å². The first-order chi connectivity index (χ1) is 5.24. The fraction of sp³-hybridized carbons (Fsp3) is 0. The molecule has 0 bridgehead atoms. The summed E-state index contributed by atoms with van der Waals surface area (Å²) in [7, 11) is 0. The molecule has 58 valence electrons. The highest BCUT2D eigenvalue weighted by Gasteiger charge is 2.05. The van der Waals surface area contributed by atoms with Gasteiger partial charge in [-0.2, -0.15) is 0 Å². The van der Waals surface area contributed by atoms with Crippen molar-refractivity contribution in [1.82, 2.24) is 9.97 Å². The zero-order valence-electron chi connectivity index (χ0n) is 5.28. The Morgan fingerprint density at radius 2 is 2.45 bits per heavy atom. The second-order valence-electron chi connectivity index (χ2n) is 1.67. The van der Waals surface area contributed by atoms with Crippen molar-refractivity contribution in [3.05, 3.63) is 18.1 Å². The van der Waals surface area contributed by atoms with Gasteiger partial charge in [0.05, 0.1) is 0 Å². The molecule has 0 fully saturated rings. The van der Waals surface area contributed by atoms with Crippen molar-refractivity contribution in [3.63, 3.8) is 0 Å². The molecule has 0 atom stereocenters. The summed E-state index contributed by atoms with van der Waals surface area (Å²) < 4.78 is 0. The van der Waals surface area contributed by atoms with Crippen LogP contribution in [0.5, 0.6) is 0 Å². The summed E-state index contributed by atoms with van der Waals surface area (Å²) in [6.07, 6.45) is 1.31. The van der Waals surface area contributed by atoms with Gasteiger partial charge in [0, 0.05) is 24.0 Å². The smallest absolute Gasteiger partial charge is 0.374 e. The molecular weight excluding hydrogens is 170 g/mol. The second-order valence-corrected chi connectivity index (χ2v) is 1.85. The second kappa shape index (κ2) is 3.16. The largest absolute Gasteiger partial charge is 0.475 e. The van der Waals surface area contributed by atoms with Gasteiger partial charge in [0.25, 0.3) is 0 Å². The summed E-state index contributed by atoms with van der Waals surface area (Å²) in [5.41, 5.74) is 0. The quantitative estimate of drug-likeness (QED) is 0.646. The molecule has 0 saturated heterocycles. The first-order valence-electron chi connectivity index (χ1n) is 2.67. The monoisotopic (exact) mass is 173 g/mol. The number of halogens is 1. The normalized spacial score (nSPS) is 9.18. The summed E-state index contributed by atoms with van der Waals surface area (Å²) in [6, 6.07) is 1.46. The van der Waals surface area contributed by atoms with Crippen LogP contribution in [0.15, 0.2) is 12.3 Å². The van der Waals surface area contributed by atoms with E-state index in [1.54, 1.807) is 0 Å². The highest BCUT2D eigenvalue weighted by atomic mass is 35.5. The van der Waals surface area contributed by atoms with Crippen molar-refractivity contribution in [2.45, 2.75) is 0 Å². The van der Waals surface area contributed by atoms with Crippen LogP contribution < -0.4 is 4.84 Å². The number of carbonyl (C=O) groups is 1. The molecule has 11 heavy (non-hydrogen) atoms. The Labute approximate surface area is 67.2 Å². The van der Waals surface area contributed by atoms with Crippen molar-refractivity contribution in [3.8, 4) is 0 Å². The topological polar surface area (TPSA) is 75.1 Å². The van der Waals surface area contributed by atoms with Gasteiger partial charge >= 0.3 is 5.97 Å². The fourth-order valence-corrected chi connectivity index (χ4v) is 0.620. The maximum absolute atomic E-state index is 10.3. The number of aromatic carboxylic acids is 1. The molecule has 0 aromatic carbocycles. The molecule has 0 aliphatic heterocycles. The van der Waals surface area contributed by atoms with Gasteiger partial charge in [-0.05, 0) is 0 Å². The molecule has 1 aromatic heterocycles. The minimum Gasteiger partial charge on any atom is -0.475 e. The van der Waals surface area contributed by atoms with Gasteiger partial charge < -0.3 is 5.11 Å². The first-order valence-corrected chi connectivity index (χ1v) is 3.05. The Morgan fingerprint density at radius 1 is 1.73 bits per heavy atom. The number of hydrogen-bond donors (Lipinski definition) is 2. The van der Waals surface area contributed by atoms with Gasteiger partial charge in [0.2, 0.25) is 5.82 Å². The van der Waals surface area contributed by atoms with Crippen LogP contribution >= 0.6 is 11.8 Å². The van der Waals surface area contributed by atoms with E-state index in [1.807, 2.05) is 0 Å². The van der Waals surface area contributed by atoms with Gasteiger partial charge in [-0.15, -0.1) is 0 Å². The van der Waals surface area contributed by atoms with E-state index in [-0.39, 0.29) is 11.6 Å². The Kier molecular flexibility index (Phi) is 2.22. The lowest BCUT2D eigenvalue weighted by molar-refractivity contribution is 0.0683. The molecule has 5 nitrogen and oxygen atoms in total. The molecule has 0 aliphatic rings. The number of rotatable bonds is 2. The Morgan fingerprint density at radius 3 is 3.00 bits per heavy atom. The Bertz CT molecular complexity index is 278. The zero-order chi connectivity index (χ0) is 8.27. The maximum atomic E-state index is 10.3. The minimum absolute atomic E-state index is 0.263. The molecular formula is C5H4ClN3O2. The molecule has 0 aliphatic carbocycles. The number of carboxylic acids is 1. The number of aromatic nitrogens is 2. The van der Waals surface area contributed by atoms with E-state index in [2.05, 4.69) is 14.8 Å². The molecule has 0 amide bonds. The average molecular weight is 174 g/mol. The van der Waals surface area contributed by atoms with E-state index in [1.165, 1.54) is 12.3 Å². The summed E-state index contributed by atoms with van der Waals surface area (Å²) in [5, 5.41) is 8.41. The standard InChI is InChI=1S/C5H4ClN3O2/c6-9-3-1-2-7-4(8-3)5(10)11/h1-2H,(H,10,11)(H,7,8,9). The third kappa shape index (κ3) is 1.78. The fourth-order valence-electron chi connectivity index (χ4n) is 0.514. The Hall–Kier alpha value is -1.36. The van der Waals surface area contributed by atoms with E-state index in [9.17, 15) is 4.79 Å². The average Bonchev–Trinajstić information content (AvgIpc) is 2.05. The van der Waals surface area contributed by atoms with Crippen molar-refractivity contribution < 1.29 is 9.90 Å². The van der Waals surface area contributed by atoms with E-state index >= 15 is 0 Å². The van der Waals surface area contributed by atoms with Crippen LogP contribution in [0.4, 0.5) is 5.82 Å². The molecule has 2 N–H and O–H groups in total. The van der Waals surface area contributed by atoms with Crippen molar-refractivity contribution >= 4 is 23.6 Å². The van der Waals surface area contributed by atoms with Crippen LogP contribution in [0.1, 0.15) is 10.6 Å². The van der Waals surface area contributed by atoms with E-state index in [0.29, 0.717) is 0 Å². The predicted octanol–water partition coefficient (Wildman–Crippen LogP) is 0.740. The lowest BCUT2D eigenvalue weighted by Gasteiger charge is -1.95. The summed E-state index contributed by atoms with van der Waals surface area (Å²) in [4.78, 5) is 19.5. The van der Waals surface area contributed by atoms with Crippen molar-refractivity contribution in [2.24, 2.45) is 0 Å². The predicted molar refractivity (Wildman–Crippen MR) is 38.5 cm³/mol. The molecule has 0 unspecified atom stereocenters. The lowest BCUT2D eigenvalue weighted by atomic mass is 10.5. The maximum Gasteiger partial charge on any atom is 0.374 e. The summed E-state index contributed by atoms with van der Waals surface area (Å²) in [5.74, 6) is -1.20. The SMILES string of the molecule is O=C(O)c1nccc(NCl)n1. The highest BCUT2D eigenvalue weighted by molar-refractivity contribution is 6.23. The third-order valence-corrected chi connectivity index (χ3v) is 1.14. The number of carboxylic acid groups (broad SMARTS) is 1. The van der Waals surface area contributed by atoms with Crippen LogP contribution in [-0.2, 0) is 0 Å². The number of anilines is 1. The molecule has 0 saturated carbocycles. The molecule has 1 rings (SSSR count). The molecule has 0 radical (unpaired) electrons. The number of nitrogens with one attached hydrogen (secondary N) is 1. The van der Waals surface area contributed by atoms with E-state index in [4.69, 9.17) is 16.9 Å². The van der Waals surface area contributed by atoms with Gasteiger partial charge in [-0.1, -0.05) is 0 Å². The van der Waals surface area contributed by atoms with E-state index in [0.717, 1.165) is 0 Å². The van der Waals surface area contributed by atoms with Crippen molar-refractivity contribution in [2.75, 3.05) is 4.84 Å². The van der Waals surface area contributed by atoms with Crippen LogP contribution in [-0.4, -0.2) is 21.0 Å². The van der Waals surface area contributed by atoms with E-state index < -0.39 is 5.97 Å². The number of nitrogens with zero attached hydrogens (tertiary/aromatic N) is 2. The number of hydrogen-bond acceptors (Lipinski definition) is 4. The van der Waals surface area contributed by atoms with Crippen LogP contribution in [0.3, 0.4) is 0 Å². The molecule has 1 heterocycles. The summed E-state index contributed by atoms with van der Waals surface area (Å²) in [6.45, 7) is 0. The third-order valence-electron chi connectivity index (χ3n) is 0.944. The highest BCUT2D eigenvalue weighted by Crippen LogP contribution is 2.01.